The third-order valence-corrected chi connectivity index (χ3v) is 10.9. The molecule has 2 aromatic carbocycles. The highest BCUT2D eigenvalue weighted by Gasteiger charge is 2.43. The predicted molar refractivity (Wildman–Crippen MR) is 198 cm³/mol. The topological polar surface area (TPSA) is 103 Å². The van der Waals surface area contributed by atoms with Gasteiger partial charge in [-0.25, -0.2) is 13.8 Å². The maximum Gasteiger partial charge on any atom is 0.248 e. The molecule has 3 aromatic heterocycles. The molecule has 0 aliphatic carbocycles. The molecule has 53 heavy (non-hydrogen) atoms. The van der Waals surface area contributed by atoms with Gasteiger partial charge < -0.3 is 33.4 Å². The number of fused-ring (bicyclic) bond motifs is 4. The highest BCUT2D eigenvalue weighted by molar-refractivity contribution is 6.11. The lowest BCUT2D eigenvalue weighted by atomic mass is 9.75. The van der Waals surface area contributed by atoms with E-state index in [1.54, 1.807) is 37.0 Å². The number of nitrogens with zero attached hydrogens (tertiary/aromatic N) is 5. The van der Waals surface area contributed by atoms with Crippen LogP contribution in [-0.4, -0.2) is 91.2 Å². The van der Waals surface area contributed by atoms with Gasteiger partial charge in [-0.15, -0.1) is 0 Å². The Morgan fingerprint density at radius 1 is 1.11 bits per heavy atom. The number of hydrogen-bond acceptors (Lipinski definition) is 8. The van der Waals surface area contributed by atoms with Crippen molar-refractivity contribution in [2.75, 3.05) is 70.9 Å². The number of halogens is 2. The van der Waals surface area contributed by atoms with Crippen LogP contribution in [0.15, 0.2) is 54.7 Å². The Morgan fingerprint density at radius 3 is 2.62 bits per heavy atom. The van der Waals surface area contributed by atoms with Crippen LogP contribution in [-0.2, 0) is 34.3 Å². The molecule has 276 valence electrons. The number of pyridine rings is 1. The summed E-state index contributed by atoms with van der Waals surface area (Å²) in [6, 6.07) is 9.52. The second-order valence-electron chi connectivity index (χ2n) is 14.4. The molecule has 0 bridgehead atoms. The Morgan fingerprint density at radius 2 is 1.91 bits per heavy atom. The Bertz CT molecular complexity index is 2280. The Hall–Kier alpha value is -5.11. The van der Waals surface area contributed by atoms with Crippen molar-refractivity contribution < 1.29 is 32.6 Å². The molecule has 11 nitrogen and oxygen atoms in total. The van der Waals surface area contributed by atoms with E-state index in [0.29, 0.717) is 31.9 Å². The standard InChI is InChI=1S/C40H42F2N6O5/c1-45-14-10-24-18-30(48-13-5-8-26(37(24)48)34-31(52-4)19-29-36(38(34)45)43-32(20-51-3)46(29)2)39(50)25-16-27(41)35(28(42)17-25)44-33(49)9-6-12-47-21-40(22-47)11-7-15-53-23-40/h5-6,8-9,13,16-19H,7,10-12,14-15,20-23H2,1-4H3,(H,44,49)/b9-6+. The molecule has 3 aliphatic rings. The van der Waals surface area contributed by atoms with Gasteiger partial charge in [0.2, 0.25) is 11.7 Å². The second-order valence-corrected chi connectivity index (χ2v) is 14.4. The lowest BCUT2D eigenvalue weighted by molar-refractivity contribution is -0.112. The Kier molecular flexibility index (Phi) is 9.04. The van der Waals surface area contributed by atoms with Crippen molar-refractivity contribution in [1.29, 1.82) is 0 Å². The van der Waals surface area contributed by atoms with E-state index in [0.717, 1.165) is 96.0 Å². The van der Waals surface area contributed by atoms with E-state index in [-0.39, 0.29) is 16.7 Å². The van der Waals surface area contributed by atoms with Crippen LogP contribution >= 0.6 is 0 Å². The molecule has 0 radical (unpaired) electrons. The smallest absolute Gasteiger partial charge is 0.248 e. The number of hydrogen-bond donors (Lipinski definition) is 1. The molecule has 2 saturated heterocycles. The van der Waals surface area contributed by atoms with Crippen LogP contribution in [0, 0.1) is 17.0 Å². The average molecular weight is 725 g/mol. The number of aryl methyl sites for hydroxylation is 1. The van der Waals surface area contributed by atoms with Crippen LogP contribution in [0.5, 0.6) is 5.75 Å². The number of likely N-dealkylation sites (tertiary alicyclic amines) is 1. The van der Waals surface area contributed by atoms with Crippen molar-refractivity contribution in [1.82, 2.24) is 18.9 Å². The van der Waals surface area contributed by atoms with E-state index in [2.05, 4.69) is 15.1 Å². The van der Waals surface area contributed by atoms with Crippen LogP contribution in [0.1, 0.15) is 40.3 Å². The number of amides is 1. The lowest BCUT2D eigenvalue weighted by Gasteiger charge is -2.51. The summed E-state index contributed by atoms with van der Waals surface area (Å²) in [5.41, 5.74) is 5.65. The van der Waals surface area contributed by atoms with Gasteiger partial charge in [0.1, 0.15) is 41.0 Å². The molecular formula is C40H42F2N6O5. The SMILES string of the molecule is COCc1nc2c3c(c(OC)cc2n1C)-c1cccn2c(C(=O)c4cc(F)c(NC(=O)/C=C/CN5CC6(CCCOC6)C5)c(F)c4)cc(c12)CCN3C. The minimum Gasteiger partial charge on any atom is -0.496 e. The average Bonchev–Trinajstić information content (AvgIpc) is 3.66. The summed E-state index contributed by atoms with van der Waals surface area (Å²) in [7, 11) is 7.21. The fourth-order valence-electron chi connectivity index (χ4n) is 8.32. The monoisotopic (exact) mass is 724 g/mol. The third kappa shape index (κ3) is 6.06. The summed E-state index contributed by atoms with van der Waals surface area (Å²) in [6.45, 7) is 4.89. The highest BCUT2D eigenvalue weighted by atomic mass is 19.1. The van der Waals surface area contributed by atoms with Crippen LogP contribution in [0.3, 0.4) is 0 Å². The molecule has 3 aliphatic heterocycles. The quantitative estimate of drug-likeness (QED) is 0.151. The number of carbonyl (C=O) groups excluding carboxylic acids is 2. The summed E-state index contributed by atoms with van der Waals surface area (Å²) in [5, 5.41) is 2.31. The molecule has 1 amide bonds. The van der Waals surface area contributed by atoms with Crippen molar-refractivity contribution >= 4 is 39.6 Å². The number of benzene rings is 2. The fraction of sp³-hybridized carbons (Fsp3) is 0.375. The van der Waals surface area contributed by atoms with Crippen molar-refractivity contribution in [3.05, 3.63) is 89.0 Å². The summed E-state index contributed by atoms with van der Waals surface area (Å²) >= 11 is 0. The molecule has 0 unspecified atom stereocenters. The molecule has 0 atom stereocenters. The van der Waals surface area contributed by atoms with Gasteiger partial charge in [0, 0.05) is 88.9 Å². The van der Waals surface area contributed by atoms with E-state index in [1.807, 2.05) is 36.9 Å². The number of ketones is 1. The maximum atomic E-state index is 15.4. The van der Waals surface area contributed by atoms with Gasteiger partial charge in [-0.05, 0) is 49.1 Å². The van der Waals surface area contributed by atoms with Crippen molar-refractivity contribution in [2.24, 2.45) is 12.5 Å². The van der Waals surface area contributed by atoms with Gasteiger partial charge >= 0.3 is 0 Å². The summed E-state index contributed by atoms with van der Waals surface area (Å²) < 4.78 is 51.7. The van der Waals surface area contributed by atoms with Gasteiger partial charge in [-0.3, -0.25) is 14.5 Å². The Labute approximate surface area is 305 Å². The largest absolute Gasteiger partial charge is 0.496 e. The minimum absolute atomic E-state index is 0.172. The number of anilines is 2. The van der Waals surface area contributed by atoms with Crippen LogP contribution in [0.25, 0.3) is 27.7 Å². The molecular weight excluding hydrogens is 682 g/mol. The summed E-state index contributed by atoms with van der Waals surface area (Å²) in [6.07, 6.45) is 7.53. The second kappa shape index (κ2) is 13.7. The zero-order valence-corrected chi connectivity index (χ0v) is 30.3. The maximum absolute atomic E-state index is 15.4. The predicted octanol–water partition coefficient (Wildman–Crippen LogP) is 5.76. The normalized spacial score (nSPS) is 16.9. The van der Waals surface area contributed by atoms with E-state index >= 15 is 8.78 Å². The van der Waals surface area contributed by atoms with Crippen LogP contribution in [0.2, 0.25) is 0 Å². The molecule has 1 spiro atoms. The first-order valence-electron chi connectivity index (χ1n) is 17.8. The van der Waals surface area contributed by atoms with Crippen molar-refractivity contribution in [3.63, 3.8) is 0 Å². The van der Waals surface area contributed by atoms with E-state index in [9.17, 15) is 9.59 Å². The number of nitrogens with one attached hydrogen (secondary N) is 1. The zero-order chi connectivity index (χ0) is 37.0. The van der Waals surface area contributed by atoms with E-state index < -0.39 is 29.0 Å². The van der Waals surface area contributed by atoms with Crippen LogP contribution in [0.4, 0.5) is 20.2 Å². The first-order chi connectivity index (χ1) is 25.6. The molecule has 6 heterocycles. The lowest BCUT2D eigenvalue weighted by Crippen LogP contribution is -2.59. The van der Waals surface area contributed by atoms with Gasteiger partial charge in [0.05, 0.1) is 41.7 Å². The fourth-order valence-corrected chi connectivity index (χ4v) is 8.32. The number of carbonyl (C=O) groups is 2. The molecule has 13 heteroatoms. The Balaban J connectivity index is 1.08. The highest BCUT2D eigenvalue weighted by Crippen LogP contribution is 2.47. The first-order valence-corrected chi connectivity index (χ1v) is 17.8. The summed E-state index contributed by atoms with van der Waals surface area (Å²) in [4.78, 5) is 36.0. The van der Waals surface area contributed by atoms with Gasteiger partial charge in [0.25, 0.3) is 0 Å². The number of imidazole rings is 1. The molecule has 1 N–H and O–H groups in total. The zero-order valence-electron chi connectivity index (χ0n) is 30.3. The number of likely N-dealkylation sites (N-methyl/N-ethyl adjacent to an activating group) is 1. The summed E-state index contributed by atoms with van der Waals surface area (Å²) in [5.74, 6) is -1.87. The molecule has 8 rings (SSSR count). The van der Waals surface area contributed by atoms with E-state index in [4.69, 9.17) is 19.2 Å². The van der Waals surface area contributed by atoms with Crippen molar-refractivity contribution in [2.45, 2.75) is 25.9 Å². The van der Waals surface area contributed by atoms with Crippen LogP contribution < -0.4 is 15.0 Å². The molecule has 0 saturated carbocycles. The number of methoxy groups -OCH3 is 2. The van der Waals surface area contributed by atoms with Gasteiger partial charge in [0.15, 0.2) is 0 Å². The number of aromatic nitrogens is 3. The van der Waals surface area contributed by atoms with E-state index in [1.165, 1.54) is 6.08 Å². The van der Waals surface area contributed by atoms with Crippen molar-refractivity contribution in [3.8, 4) is 16.9 Å². The van der Waals surface area contributed by atoms with Gasteiger partial charge in [-0.1, -0.05) is 12.1 Å². The molecule has 5 aromatic rings. The third-order valence-electron chi connectivity index (χ3n) is 10.9. The van der Waals surface area contributed by atoms with Gasteiger partial charge in [-0.2, -0.15) is 0 Å². The minimum atomic E-state index is -1.04. The number of rotatable bonds is 9. The number of ether oxygens (including phenoxy) is 3. The first kappa shape index (κ1) is 34.9. The molecule has 2 fully saturated rings.